The average molecular weight is 294 g/mol. The first-order valence-electron chi connectivity index (χ1n) is 7.62. The molecule has 0 bridgehead atoms. The molecule has 2 rings (SSSR count). The van der Waals surface area contributed by atoms with E-state index in [1.807, 2.05) is 6.92 Å². The van der Waals surface area contributed by atoms with Crippen molar-refractivity contribution >= 4 is 5.91 Å². The van der Waals surface area contributed by atoms with Crippen LogP contribution in [0.1, 0.15) is 39.4 Å². The number of aromatic nitrogens is 3. The van der Waals surface area contributed by atoms with Crippen LogP contribution in [0.2, 0.25) is 0 Å². The number of carbonyl (C=O) groups excluding carboxylic acids is 1. The van der Waals surface area contributed by atoms with Gasteiger partial charge in [-0.2, -0.15) is 0 Å². The summed E-state index contributed by atoms with van der Waals surface area (Å²) in [6.45, 7) is 9.51. The molecule has 21 heavy (non-hydrogen) atoms. The predicted octanol–water partition coefficient (Wildman–Crippen LogP) is 0.116. The Morgan fingerprint density at radius 3 is 3.00 bits per heavy atom. The van der Waals surface area contributed by atoms with E-state index in [1.54, 1.807) is 6.33 Å². The zero-order valence-corrected chi connectivity index (χ0v) is 13.2. The van der Waals surface area contributed by atoms with Crippen molar-refractivity contribution in [2.45, 2.75) is 58.3 Å². The van der Waals surface area contributed by atoms with E-state index < -0.39 is 5.54 Å². The largest absolute Gasteiger partial charge is 0.368 e. The lowest BCUT2D eigenvalue weighted by molar-refractivity contribution is -0.124. The summed E-state index contributed by atoms with van der Waals surface area (Å²) in [4.78, 5) is 14.1. The number of primary amides is 1. The summed E-state index contributed by atoms with van der Waals surface area (Å²) >= 11 is 0. The zero-order valence-electron chi connectivity index (χ0n) is 13.2. The fourth-order valence-electron chi connectivity index (χ4n) is 2.84. The van der Waals surface area contributed by atoms with Crippen LogP contribution in [0.3, 0.4) is 0 Å². The highest BCUT2D eigenvalue weighted by Gasteiger charge is 2.34. The molecular weight excluding hydrogens is 268 g/mol. The minimum absolute atomic E-state index is 0.248. The number of amides is 1. The number of hydrogen-bond acceptors (Lipinski definition) is 5. The third-order valence-electron chi connectivity index (χ3n) is 4.30. The van der Waals surface area contributed by atoms with Gasteiger partial charge in [-0.15, -0.1) is 10.2 Å². The molecule has 7 heteroatoms. The van der Waals surface area contributed by atoms with E-state index in [9.17, 15) is 4.79 Å². The Balaban J connectivity index is 1.99. The molecule has 1 aromatic heterocycles. The summed E-state index contributed by atoms with van der Waals surface area (Å²) in [5, 5.41) is 11.4. The number of nitrogens with zero attached hydrogens (tertiary/aromatic N) is 4. The SMILES string of the molecule is CCCNC(C)(CC(C)N1CCn2cnnc2C1)C(N)=O. The number of rotatable bonds is 7. The van der Waals surface area contributed by atoms with E-state index in [2.05, 4.69) is 38.8 Å². The van der Waals surface area contributed by atoms with E-state index in [1.165, 1.54) is 0 Å². The highest BCUT2D eigenvalue weighted by molar-refractivity contribution is 5.84. The molecule has 2 atom stereocenters. The van der Waals surface area contributed by atoms with Crippen molar-refractivity contribution in [1.82, 2.24) is 25.0 Å². The first-order valence-corrected chi connectivity index (χ1v) is 7.62. The van der Waals surface area contributed by atoms with Crippen LogP contribution < -0.4 is 11.1 Å². The second kappa shape index (κ2) is 6.53. The summed E-state index contributed by atoms with van der Waals surface area (Å²) in [7, 11) is 0. The summed E-state index contributed by atoms with van der Waals surface area (Å²) in [6.07, 6.45) is 3.44. The van der Waals surface area contributed by atoms with E-state index >= 15 is 0 Å². The molecule has 0 radical (unpaired) electrons. The first kappa shape index (κ1) is 15.9. The number of hydrogen-bond donors (Lipinski definition) is 2. The fourth-order valence-corrected chi connectivity index (χ4v) is 2.84. The molecule has 0 fully saturated rings. The number of carbonyl (C=O) groups is 1. The number of fused-ring (bicyclic) bond motifs is 1. The van der Waals surface area contributed by atoms with Crippen LogP contribution in [-0.4, -0.2) is 50.2 Å². The van der Waals surface area contributed by atoms with Crippen molar-refractivity contribution in [3.8, 4) is 0 Å². The molecule has 0 aliphatic carbocycles. The lowest BCUT2D eigenvalue weighted by atomic mass is 9.91. The molecule has 2 heterocycles. The molecule has 118 valence electrons. The molecule has 0 saturated heterocycles. The second-order valence-electron chi connectivity index (χ2n) is 6.09. The van der Waals surface area contributed by atoms with Gasteiger partial charge in [0.25, 0.3) is 0 Å². The van der Waals surface area contributed by atoms with Gasteiger partial charge in [-0.05, 0) is 33.2 Å². The van der Waals surface area contributed by atoms with Crippen molar-refractivity contribution in [1.29, 1.82) is 0 Å². The molecular formula is C14H26N6O. The minimum Gasteiger partial charge on any atom is -0.368 e. The summed E-state index contributed by atoms with van der Waals surface area (Å²) in [5.74, 6) is 0.693. The van der Waals surface area contributed by atoms with Gasteiger partial charge in [-0.3, -0.25) is 9.69 Å². The molecule has 0 saturated carbocycles. The summed E-state index contributed by atoms with van der Waals surface area (Å²) < 4.78 is 2.08. The van der Waals surface area contributed by atoms with Gasteiger partial charge in [-0.25, -0.2) is 0 Å². The quantitative estimate of drug-likeness (QED) is 0.745. The maximum Gasteiger partial charge on any atom is 0.237 e. The lowest BCUT2D eigenvalue weighted by Gasteiger charge is -2.37. The van der Waals surface area contributed by atoms with Gasteiger partial charge in [0.15, 0.2) is 0 Å². The zero-order chi connectivity index (χ0) is 15.5. The standard InChI is InChI=1S/C14H26N6O/c1-4-5-16-14(3,13(15)21)8-11(2)19-6-7-20-10-17-18-12(20)9-19/h10-11,16H,4-9H2,1-3H3,(H2,15,21). The highest BCUT2D eigenvalue weighted by Crippen LogP contribution is 2.20. The molecule has 1 aliphatic heterocycles. The van der Waals surface area contributed by atoms with Crippen LogP contribution in [0.15, 0.2) is 6.33 Å². The Morgan fingerprint density at radius 2 is 2.33 bits per heavy atom. The van der Waals surface area contributed by atoms with Gasteiger partial charge in [0, 0.05) is 19.1 Å². The fraction of sp³-hybridized carbons (Fsp3) is 0.786. The van der Waals surface area contributed by atoms with Crippen LogP contribution in [-0.2, 0) is 17.9 Å². The Labute approximate surface area is 125 Å². The third-order valence-corrected chi connectivity index (χ3v) is 4.30. The highest BCUT2D eigenvalue weighted by atomic mass is 16.1. The lowest BCUT2D eigenvalue weighted by Crippen LogP contribution is -2.57. The molecule has 0 aromatic carbocycles. The Morgan fingerprint density at radius 1 is 1.57 bits per heavy atom. The molecule has 7 nitrogen and oxygen atoms in total. The summed E-state index contributed by atoms with van der Waals surface area (Å²) in [6, 6.07) is 0.248. The van der Waals surface area contributed by atoms with Gasteiger partial charge in [-0.1, -0.05) is 6.92 Å². The average Bonchev–Trinajstić information content (AvgIpc) is 2.92. The number of nitrogens with one attached hydrogen (secondary N) is 1. The topological polar surface area (TPSA) is 89.1 Å². The molecule has 0 spiro atoms. The minimum atomic E-state index is -0.666. The van der Waals surface area contributed by atoms with E-state index in [-0.39, 0.29) is 11.9 Å². The Kier molecular flexibility index (Phi) is 4.95. The van der Waals surface area contributed by atoms with Gasteiger partial charge in [0.2, 0.25) is 5.91 Å². The van der Waals surface area contributed by atoms with Gasteiger partial charge in [0.1, 0.15) is 12.2 Å². The first-order chi connectivity index (χ1) is 9.96. The van der Waals surface area contributed by atoms with E-state index in [0.29, 0.717) is 6.42 Å². The van der Waals surface area contributed by atoms with Crippen molar-refractivity contribution in [2.75, 3.05) is 13.1 Å². The molecule has 3 N–H and O–H groups in total. The van der Waals surface area contributed by atoms with Crippen LogP contribution in [0.4, 0.5) is 0 Å². The molecule has 1 aromatic rings. The predicted molar refractivity (Wildman–Crippen MR) is 80.4 cm³/mol. The smallest absolute Gasteiger partial charge is 0.237 e. The number of nitrogens with two attached hydrogens (primary N) is 1. The van der Waals surface area contributed by atoms with Crippen molar-refractivity contribution in [2.24, 2.45) is 5.73 Å². The van der Waals surface area contributed by atoms with Crippen molar-refractivity contribution in [3.05, 3.63) is 12.2 Å². The van der Waals surface area contributed by atoms with Gasteiger partial charge < -0.3 is 15.6 Å². The van der Waals surface area contributed by atoms with Gasteiger partial charge in [0.05, 0.1) is 12.1 Å². The third kappa shape index (κ3) is 3.59. The van der Waals surface area contributed by atoms with E-state index in [0.717, 1.165) is 38.4 Å². The van der Waals surface area contributed by atoms with Crippen LogP contribution in [0.25, 0.3) is 0 Å². The van der Waals surface area contributed by atoms with Crippen LogP contribution in [0, 0.1) is 0 Å². The maximum atomic E-state index is 11.8. The van der Waals surface area contributed by atoms with Crippen LogP contribution >= 0.6 is 0 Å². The van der Waals surface area contributed by atoms with Crippen LogP contribution in [0.5, 0.6) is 0 Å². The van der Waals surface area contributed by atoms with Crippen molar-refractivity contribution in [3.63, 3.8) is 0 Å². The normalized spacial score (nSPS) is 19.8. The molecule has 1 aliphatic rings. The van der Waals surface area contributed by atoms with Crippen molar-refractivity contribution < 1.29 is 4.79 Å². The monoisotopic (exact) mass is 294 g/mol. The van der Waals surface area contributed by atoms with E-state index in [4.69, 9.17) is 5.73 Å². The molecule has 2 unspecified atom stereocenters. The summed E-state index contributed by atoms with van der Waals surface area (Å²) in [5.41, 5.74) is 4.94. The molecule has 1 amide bonds. The maximum absolute atomic E-state index is 11.8. The Hall–Kier alpha value is -1.47. The second-order valence-corrected chi connectivity index (χ2v) is 6.09. The Bertz CT molecular complexity index is 488. The van der Waals surface area contributed by atoms with Gasteiger partial charge >= 0.3 is 0 Å².